The van der Waals surface area contributed by atoms with Gasteiger partial charge in [-0.25, -0.2) is 4.98 Å². The summed E-state index contributed by atoms with van der Waals surface area (Å²) in [5.74, 6) is 2.27. The highest BCUT2D eigenvalue weighted by molar-refractivity contribution is 7.99. The monoisotopic (exact) mass is 362 g/mol. The smallest absolute Gasteiger partial charge is 0.221 e. The number of aromatic nitrogens is 2. The average Bonchev–Trinajstić information content (AvgIpc) is 2.93. The zero-order chi connectivity index (χ0) is 13.8. The van der Waals surface area contributed by atoms with Crippen molar-refractivity contribution in [2.24, 2.45) is 0 Å². The van der Waals surface area contributed by atoms with Crippen LogP contribution in [0.4, 0.5) is 0 Å². The van der Waals surface area contributed by atoms with Gasteiger partial charge in [-0.2, -0.15) is 11.8 Å². The molecule has 0 spiro atoms. The van der Waals surface area contributed by atoms with E-state index in [1.54, 1.807) is 6.20 Å². The standard InChI is InChI=1S/C14H18N4OS.2ClH/c19-14(8-12-10-20-6-3-15-12)17-9-11-1-4-18-5-2-16-13(18)7-11;;/h1-2,4-5,7,12,15H,3,6,8-10H2,(H,17,19);2*1H. The Hall–Kier alpha value is -0.950. The fourth-order valence-corrected chi connectivity index (χ4v) is 3.26. The number of carbonyl (C=O) groups excluding carboxylic acids is 1. The van der Waals surface area contributed by atoms with E-state index in [4.69, 9.17) is 0 Å². The van der Waals surface area contributed by atoms with Gasteiger partial charge in [0.2, 0.25) is 5.91 Å². The summed E-state index contributed by atoms with van der Waals surface area (Å²) in [4.78, 5) is 16.2. The molecule has 0 bridgehead atoms. The molecule has 22 heavy (non-hydrogen) atoms. The number of hydrogen-bond donors (Lipinski definition) is 2. The number of hydrogen-bond acceptors (Lipinski definition) is 4. The van der Waals surface area contributed by atoms with Gasteiger partial charge in [0, 0.05) is 55.6 Å². The summed E-state index contributed by atoms with van der Waals surface area (Å²) >= 11 is 1.91. The van der Waals surface area contributed by atoms with E-state index in [-0.39, 0.29) is 30.7 Å². The number of amides is 1. The van der Waals surface area contributed by atoms with Crippen molar-refractivity contribution in [1.29, 1.82) is 0 Å². The Morgan fingerprint density at radius 3 is 3.09 bits per heavy atom. The fraction of sp³-hybridized carbons (Fsp3) is 0.429. The minimum Gasteiger partial charge on any atom is -0.352 e. The molecule has 1 aliphatic rings. The van der Waals surface area contributed by atoms with E-state index in [1.807, 2.05) is 40.7 Å². The van der Waals surface area contributed by atoms with Crippen LogP contribution in [0, 0.1) is 0 Å². The summed E-state index contributed by atoms with van der Waals surface area (Å²) in [6.45, 7) is 1.56. The molecule has 1 fully saturated rings. The lowest BCUT2D eigenvalue weighted by Crippen LogP contribution is -2.41. The van der Waals surface area contributed by atoms with Crippen LogP contribution >= 0.6 is 36.6 Å². The van der Waals surface area contributed by atoms with Gasteiger partial charge in [0.1, 0.15) is 5.65 Å². The van der Waals surface area contributed by atoms with Crippen molar-refractivity contribution in [1.82, 2.24) is 20.0 Å². The average molecular weight is 363 g/mol. The van der Waals surface area contributed by atoms with Crippen LogP contribution in [0.2, 0.25) is 0 Å². The lowest BCUT2D eigenvalue weighted by Gasteiger charge is -2.22. The molecule has 2 N–H and O–H groups in total. The van der Waals surface area contributed by atoms with E-state index in [0.717, 1.165) is 29.3 Å². The van der Waals surface area contributed by atoms with Gasteiger partial charge in [0.05, 0.1) is 0 Å². The highest BCUT2D eigenvalue weighted by Crippen LogP contribution is 2.10. The largest absolute Gasteiger partial charge is 0.352 e. The highest BCUT2D eigenvalue weighted by atomic mass is 35.5. The molecule has 2 aromatic heterocycles. The van der Waals surface area contributed by atoms with E-state index < -0.39 is 0 Å². The van der Waals surface area contributed by atoms with Crippen molar-refractivity contribution < 1.29 is 4.79 Å². The van der Waals surface area contributed by atoms with Crippen LogP contribution in [-0.2, 0) is 11.3 Å². The number of nitrogens with zero attached hydrogens (tertiary/aromatic N) is 2. The second-order valence-corrected chi connectivity index (χ2v) is 6.08. The van der Waals surface area contributed by atoms with Crippen molar-refractivity contribution >= 4 is 48.1 Å². The first-order valence-electron chi connectivity index (χ1n) is 6.81. The summed E-state index contributed by atoms with van der Waals surface area (Å²) in [7, 11) is 0. The predicted molar refractivity (Wildman–Crippen MR) is 95.3 cm³/mol. The Morgan fingerprint density at radius 2 is 2.32 bits per heavy atom. The maximum Gasteiger partial charge on any atom is 0.221 e. The Morgan fingerprint density at radius 1 is 1.45 bits per heavy atom. The molecule has 0 aromatic carbocycles. The third-order valence-electron chi connectivity index (χ3n) is 3.38. The quantitative estimate of drug-likeness (QED) is 0.871. The Bertz CT molecular complexity index is 601. The molecule has 8 heteroatoms. The normalized spacial score (nSPS) is 17.4. The number of halogens is 2. The summed E-state index contributed by atoms with van der Waals surface area (Å²) in [6, 6.07) is 4.31. The number of nitrogens with one attached hydrogen (secondary N) is 2. The minimum atomic E-state index is 0. The first-order chi connectivity index (χ1) is 9.81. The molecule has 0 aliphatic carbocycles. The number of pyridine rings is 1. The topological polar surface area (TPSA) is 58.4 Å². The first-order valence-corrected chi connectivity index (χ1v) is 7.96. The van der Waals surface area contributed by atoms with E-state index in [9.17, 15) is 4.79 Å². The molecular weight excluding hydrogens is 343 g/mol. The summed E-state index contributed by atoms with van der Waals surface area (Å²) in [6.07, 6.45) is 6.19. The van der Waals surface area contributed by atoms with Gasteiger partial charge < -0.3 is 15.0 Å². The first kappa shape index (κ1) is 19.1. The molecule has 1 saturated heterocycles. The van der Waals surface area contributed by atoms with Gasteiger partial charge in [-0.05, 0) is 17.7 Å². The van der Waals surface area contributed by atoms with Crippen LogP contribution < -0.4 is 10.6 Å². The molecule has 0 radical (unpaired) electrons. The van der Waals surface area contributed by atoms with Gasteiger partial charge in [-0.15, -0.1) is 24.8 Å². The number of rotatable bonds is 4. The van der Waals surface area contributed by atoms with Gasteiger partial charge in [-0.1, -0.05) is 0 Å². The van der Waals surface area contributed by atoms with Gasteiger partial charge in [0.15, 0.2) is 0 Å². The summed E-state index contributed by atoms with van der Waals surface area (Å²) in [5, 5.41) is 6.35. The predicted octanol–water partition coefficient (Wildman–Crippen LogP) is 1.89. The van der Waals surface area contributed by atoms with E-state index in [2.05, 4.69) is 15.6 Å². The van der Waals surface area contributed by atoms with Crippen LogP contribution in [0.5, 0.6) is 0 Å². The summed E-state index contributed by atoms with van der Waals surface area (Å²) < 4.78 is 1.95. The Labute approximate surface area is 146 Å². The lowest BCUT2D eigenvalue weighted by molar-refractivity contribution is -0.121. The van der Waals surface area contributed by atoms with Crippen LogP contribution in [0.15, 0.2) is 30.7 Å². The molecule has 3 heterocycles. The van der Waals surface area contributed by atoms with E-state index >= 15 is 0 Å². The molecule has 1 aliphatic heterocycles. The number of fused-ring (bicyclic) bond motifs is 1. The molecule has 1 amide bonds. The third kappa shape index (κ3) is 5.05. The molecule has 3 rings (SSSR count). The minimum absolute atomic E-state index is 0. The molecule has 0 saturated carbocycles. The fourth-order valence-electron chi connectivity index (χ4n) is 2.31. The number of thioether (sulfide) groups is 1. The number of imidazole rings is 1. The Balaban J connectivity index is 0.00000121. The second kappa shape index (κ2) is 9.25. The second-order valence-electron chi connectivity index (χ2n) is 4.93. The molecular formula is C14H20Cl2N4OS. The van der Waals surface area contributed by atoms with Crippen LogP contribution in [0.3, 0.4) is 0 Å². The van der Waals surface area contributed by atoms with E-state index in [0.29, 0.717) is 19.0 Å². The number of carbonyl (C=O) groups is 1. The van der Waals surface area contributed by atoms with Crippen LogP contribution in [-0.4, -0.2) is 39.4 Å². The molecule has 1 unspecified atom stereocenters. The SMILES string of the molecule is Cl.Cl.O=C(CC1CSCCN1)NCc1ccn2ccnc2c1. The zero-order valence-electron chi connectivity index (χ0n) is 12.0. The third-order valence-corrected chi connectivity index (χ3v) is 4.51. The van der Waals surface area contributed by atoms with Crippen molar-refractivity contribution in [3.8, 4) is 0 Å². The van der Waals surface area contributed by atoms with Crippen LogP contribution in [0.1, 0.15) is 12.0 Å². The lowest BCUT2D eigenvalue weighted by atomic mass is 10.2. The Kier molecular flexibility index (Phi) is 8.03. The molecule has 122 valence electrons. The molecule has 1 atom stereocenters. The van der Waals surface area contributed by atoms with Crippen molar-refractivity contribution in [3.63, 3.8) is 0 Å². The molecule has 5 nitrogen and oxygen atoms in total. The van der Waals surface area contributed by atoms with Gasteiger partial charge in [-0.3, -0.25) is 4.79 Å². The maximum absolute atomic E-state index is 11.9. The highest BCUT2D eigenvalue weighted by Gasteiger charge is 2.16. The molecule has 2 aromatic rings. The van der Waals surface area contributed by atoms with E-state index in [1.165, 1.54) is 0 Å². The van der Waals surface area contributed by atoms with Crippen molar-refractivity contribution in [2.45, 2.75) is 19.0 Å². The maximum atomic E-state index is 11.9. The van der Waals surface area contributed by atoms with Gasteiger partial charge in [0.25, 0.3) is 0 Å². The van der Waals surface area contributed by atoms with Crippen molar-refractivity contribution in [3.05, 3.63) is 36.3 Å². The summed E-state index contributed by atoms with van der Waals surface area (Å²) in [5.41, 5.74) is 1.98. The zero-order valence-corrected chi connectivity index (χ0v) is 14.5. The van der Waals surface area contributed by atoms with Gasteiger partial charge >= 0.3 is 0 Å². The van der Waals surface area contributed by atoms with Crippen molar-refractivity contribution in [2.75, 3.05) is 18.1 Å². The van der Waals surface area contributed by atoms with Crippen LogP contribution in [0.25, 0.3) is 5.65 Å².